The lowest BCUT2D eigenvalue weighted by Crippen LogP contribution is -2.10. The second-order valence-corrected chi connectivity index (χ2v) is 2.80. The van der Waals surface area contributed by atoms with Crippen molar-refractivity contribution in [1.29, 1.82) is 0 Å². The van der Waals surface area contributed by atoms with Crippen LogP contribution < -0.4 is 0 Å². The third-order valence-electron chi connectivity index (χ3n) is 1.61. The Morgan fingerprint density at radius 2 is 1.64 bits per heavy atom. The number of hydrogen-bond donors (Lipinski definition) is 0. The van der Waals surface area contributed by atoms with Gasteiger partial charge in [0, 0.05) is 5.56 Å². The fourth-order valence-electron chi connectivity index (χ4n) is 0.912. The second kappa shape index (κ2) is 3.73. The second-order valence-electron chi connectivity index (χ2n) is 2.53. The van der Waals surface area contributed by atoms with E-state index in [0.717, 1.165) is 6.07 Å². The highest BCUT2D eigenvalue weighted by atomic mass is 35.5. The maximum Gasteiger partial charge on any atom is 0.419 e. The third-order valence-corrected chi connectivity index (χ3v) is 1.90. The lowest BCUT2D eigenvalue weighted by atomic mass is 10.1. The van der Waals surface area contributed by atoms with E-state index < -0.39 is 23.4 Å². The van der Waals surface area contributed by atoms with Crippen molar-refractivity contribution in [2.24, 2.45) is 0 Å². The van der Waals surface area contributed by atoms with E-state index in [0.29, 0.717) is 6.07 Å². The van der Waals surface area contributed by atoms with Crippen LogP contribution >= 0.6 is 11.6 Å². The van der Waals surface area contributed by atoms with E-state index in [1.54, 1.807) is 0 Å². The van der Waals surface area contributed by atoms with Crippen molar-refractivity contribution in [3.8, 4) is 0 Å². The van der Waals surface area contributed by atoms with Crippen LogP contribution in [0.25, 0.3) is 0 Å². The van der Waals surface area contributed by atoms with E-state index in [1.807, 2.05) is 0 Å². The van der Waals surface area contributed by atoms with Crippen molar-refractivity contribution in [3.05, 3.63) is 34.9 Å². The maximum atomic E-state index is 12.8. The van der Waals surface area contributed by atoms with Crippen LogP contribution in [0, 0.1) is 11.6 Å². The largest absolute Gasteiger partial charge is 0.419 e. The molecule has 0 heterocycles. The molecule has 78 valence electrons. The molecule has 0 amide bonds. The Balaban J connectivity index is 3.31. The zero-order valence-electron chi connectivity index (χ0n) is 6.63. The smallest absolute Gasteiger partial charge is 0.203 e. The molecule has 0 saturated heterocycles. The quantitative estimate of drug-likeness (QED) is 0.509. The first-order chi connectivity index (χ1) is 6.38. The van der Waals surface area contributed by atoms with Gasteiger partial charge in [-0.3, -0.25) is 0 Å². The minimum absolute atomic E-state index is 0.294. The summed E-state index contributed by atoms with van der Waals surface area (Å²) in [5, 5.41) is 0. The van der Waals surface area contributed by atoms with E-state index in [9.17, 15) is 22.0 Å². The molecule has 0 atom stereocenters. The fraction of sp³-hybridized carbons (Fsp3) is 0.250. The van der Waals surface area contributed by atoms with Gasteiger partial charge in [-0.15, -0.1) is 11.6 Å². The van der Waals surface area contributed by atoms with Crippen LogP contribution in [0.1, 0.15) is 11.1 Å². The molecule has 0 unspecified atom stereocenters. The first-order valence-electron chi connectivity index (χ1n) is 3.48. The molecule has 0 aliphatic rings. The topological polar surface area (TPSA) is 0 Å². The molecule has 1 aromatic rings. The Labute approximate surface area is 81.3 Å². The molecule has 1 aromatic carbocycles. The van der Waals surface area contributed by atoms with Gasteiger partial charge in [0.15, 0.2) is 11.6 Å². The summed E-state index contributed by atoms with van der Waals surface area (Å²) in [6.07, 6.45) is -4.89. The minimum atomic E-state index is -4.89. The summed E-state index contributed by atoms with van der Waals surface area (Å²) in [4.78, 5) is 0. The molecule has 0 aliphatic heterocycles. The number of hydrogen-bond acceptors (Lipinski definition) is 0. The van der Waals surface area contributed by atoms with Crippen molar-refractivity contribution >= 4 is 11.6 Å². The Morgan fingerprint density at radius 1 is 1.07 bits per heavy atom. The van der Waals surface area contributed by atoms with Crippen molar-refractivity contribution in [3.63, 3.8) is 0 Å². The molecule has 6 heteroatoms. The number of rotatable bonds is 1. The summed E-state index contributed by atoms with van der Waals surface area (Å²) < 4.78 is 61.7. The van der Waals surface area contributed by atoms with Gasteiger partial charge in [-0.2, -0.15) is 13.2 Å². The monoisotopic (exact) mass is 230 g/mol. The summed E-state index contributed by atoms with van der Waals surface area (Å²) in [6, 6.07) is 1.28. The highest BCUT2D eigenvalue weighted by Gasteiger charge is 2.35. The predicted octanol–water partition coefficient (Wildman–Crippen LogP) is 3.72. The van der Waals surface area contributed by atoms with Gasteiger partial charge >= 0.3 is 6.18 Å². The maximum absolute atomic E-state index is 12.8. The van der Waals surface area contributed by atoms with Gasteiger partial charge in [0.1, 0.15) is 0 Å². The van der Waals surface area contributed by atoms with E-state index >= 15 is 0 Å². The van der Waals surface area contributed by atoms with E-state index in [4.69, 9.17) is 11.6 Å². The molecule has 0 fully saturated rings. The SMILES string of the molecule is Fc1c(CCl)ccc(C(F)(F)F)c1F. The Kier molecular flexibility index (Phi) is 2.99. The third kappa shape index (κ3) is 1.97. The highest BCUT2D eigenvalue weighted by molar-refractivity contribution is 6.17. The van der Waals surface area contributed by atoms with E-state index in [2.05, 4.69) is 0 Å². The van der Waals surface area contributed by atoms with E-state index in [1.165, 1.54) is 0 Å². The van der Waals surface area contributed by atoms with Gasteiger partial charge in [0.05, 0.1) is 11.4 Å². The van der Waals surface area contributed by atoms with Crippen LogP contribution in [-0.4, -0.2) is 0 Å². The first kappa shape index (κ1) is 11.2. The van der Waals surface area contributed by atoms with Gasteiger partial charge in [-0.05, 0) is 6.07 Å². The summed E-state index contributed by atoms with van der Waals surface area (Å²) in [5.41, 5.74) is -1.92. The van der Waals surface area contributed by atoms with E-state index in [-0.39, 0.29) is 11.4 Å². The first-order valence-corrected chi connectivity index (χ1v) is 4.01. The van der Waals surface area contributed by atoms with Crippen LogP contribution in [0.15, 0.2) is 12.1 Å². The van der Waals surface area contributed by atoms with Crippen LogP contribution in [-0.2, 0) is 12.1 Å². The van der Waals surface area contributed by atoms with Gasteiger partial charge < -0.3 is 0 Å². The molecule has 1 rings (SSSR count). The average molecular weight is 231 g/mol. The molecule has 0 spiro atoms. The number of halogens is 6. The van der Waals surface area contributed by atoms with Crippen molar-refractivity contribution < 1.29 is 22.0 Å². The average Bonchev–Trinajstić information content (AvgIpc) is 2.07. The lowest BCUT2D eigenvalue weighted by molar-refractivity contribution is -0.140. The summed E-state index contributed by atoms with van der Waals surface area (Å²) in [7, 11) is 0. The summed E-state index contributed by atoms with van der Waals surface area (Å²) >= 11 is 5.18. The zero-order valence-corrected chi connectivity index (χ0v) is 7.39. The molecule has 0 N–H and O–H groups in total. The van der Waals surface area contributed by atoms with Gasteiger partial charge in [0.2, 0.25) is 0 Å². The molecule has 14 heavy (non-hydrogen) atoms. The zero-order chi connectivity index (χ0) is 10.9. The van der Waals surface area contributed by atoms with Crippen LogP contribution in [0.2, 0.25) is 0 Å². The number of benzene rings is 1. The molecule has 0 radical (unpaired) electrons. The molecular formula is C8H4ClF5. The van der Waals surface area contributed by atoms with Crippen molar-refractivity contribution in [2.75, 3.05) is 0 Å². The standard InChI is InChI=1S/C8H4ClF5/c9-3-4-1-2-5(8(12,13)14)7(11)6(4)10/h1-2H,3H2. The molecule has 0 saturated carbocycles. The molecule has 0 bridgehead atoms. The van der Waals surface area contributed by atoms with Gasteiger partial charge in [0.25, 0.3) is 0 Å². The molecule has 0 aromatic heterocycles. The van der Waals surface area contributed by atoms with Crippen LogP contribution in [0.4, 0.5) is 22.0 Å². The van der Waals surface area contributed by atoms with Gasteiger partial charge in [-0.1, -0.05) is 6.07 Å². The molecule has 0 nitrogen and oxygen atoms in total. The predicted molar refractivity (Wildman–Crippen MR) is 40.9 cm³/mol. The van der Waals surface area contributed by atoms with Crippen LogP contribution in [0.3, 0.4) is 0 Å². The normalized spacial score (nSPS) is 11.9. The molecule has 0 aliphatic carbocycles. The Morgan fingerprint density at radius 3 is 2.07 bits per heavy atom. The van der Waals surface area contributed by atoms with Crippen LogP contribution in [0.5, 0.6) is 0 Å². The Bertz CT molecular complexity index is 344. The fourth-order valence-corrected chi connectivity index (χ4v) is 1.12. The number of alkyl halides is 4. The minimum Gasteiger partial charge on any atom is -0.203 e. The highest BCUT2D eigenvalue weighted by Crippen LogP contribution is 2.33. The Hall–Kier alpha value is -0.840. The van der Waals surface area contributed by atoms with Gasteiger partial charge in [-0.25, -0.2) is 8.78 Å². The molecular weight excluding hydrogens is 227 g/mol. The van der Waals surface area contributed by atoms with Crippen molar-refractivity contribution in [2.45, 2.75) is 12.1 Å². The summed E-state index contributed by atoms with van der Waals surface area (Å²) in [6.45, 7) is 0. The lowest BCUT2D eigenvalue weighted by Gasteiger charge is -2.09. The summed E-state index contributed by atoms with van der Waals surface area (Å²) in [5.74, 6) is -3.83. The van der Waals surface area contributed by atoms with Crippen molar-refractivity contribution in [1.82, 2.24) is 0 Å².